The van der Waals surface area contributed by atoms with Gasteiger partial charge < -0.3 is 19.7 Å². The van der Waals surface area contributed by atoms with Crippen molar-refractivity contribution in [3.05, 3.63) is 115 Å². The number of hydrogen-bond acceptors (Lipinski definition) is 8. The summed E-state index contributed by atoms with van der Waals surface area (Å²) >= 11 is 0. The average Bonchev–Trinajstić information content (AvgIpc) is 3.06. The van der Waals surface area contributed by atoms with Crippen LogP contribution in [-0.4, -0.2) is 24.4 Å². The Hall–Kier alpha value is -6.38. The van der Waals surface area contributed by atoms with Gasteiger partial charge in [-0.1, -0.05) is 35.4 Å². The van der Waals surface area contributed by atoms with E-state index in [1.807, 2.05) is 12.1 Å². The predicted molar refractivity (Wildman–Crippen MR) is 166 cm³/mol. The maximum absolute atomic E-state index is 13.3. The molecule has 0 heterocycles. The lowest BCUT2D eigenvalue weighted by atomic mass is 9.91. The van der Waals surface area contributed by atoms with Gasteiger partial charge >= 0.3 is 12.4 Å². The minimum absolute atomic E-state index is 0.0256. The van der Waals surface area contributed by atoms with E-state index in [1.54, 1.807) is 26.0 Å². The van der Waals surface area contributed by atoms with E-state index in [1.165, 1.54) is 50.6 Å². The van der Waals surface area contributed by atoms with Gasteiger partial charge in [-0.05, 0) is 48.2 Å². The van der Waals surface area contributed by atoms with Gasteiger partial charge in [0.05, 0.1) is 48.6 Å². The van der Waals surface area contributed by atoms with E-state index in [0.29, 0.717) is 11.1 Å². The zero-order valence-electron chi connectivity index (χ0n) is 26.8. The number of nitrogens with zero attached hydrogens (tertiary/aromatic N) is 4. The van der Waals surface area contributed by atoms with Gasteiger partial charge in [0.2, 0.25) is 0 Å². The number of nitriles is 4. The lowest BCUT2D eigenvalue weighted by Crippen LogP contribution is -2.11. The minimum atomic E-state index is -4.57. The zero-order chi connectivity index (χ0) is 37.6. The molecule has 0 aliphatic heterocycles. The van der Waals surface area contributed by atoms with Crippen LogP contribution in [-0.2, 0) is 25.2 Å². The Morgan fingerprint density at radius 3 is 1.18 bits per heavy atom. The number of benzene rings is 4. The second kappa shape index (κ2) is 15.2. The number of alkyl halides is 6. The fraction of sp³-hybridized carbons (Fsp3) is 0.222. The van der Waals surface area contributed by atoms with Crippen LogP contribution in [0.25, 0.3) is 0 Å². The minimum Gasteiger partial charge on any atom is -0.503 e. The zero-order valence-corrected chi connectivity index (χ0v) is 26.8. The summed E-state index contributed by atoms with van der Waals surface area (Å²) < 4.78 is 89.6. The molecule has 0 radical (unpaired) electrons. The first kappa shape index (κ1) is 38.1. The van der Waals surface area contributed by atoms with Crippen molar-refractivity contribution in [2.24, 2.45) is 0 Å². The maximum Gasteiger partial charge on any atom is 0.416 e. The quantitative estimate of drug-likeness (QED) is 0.192. The van der Waals surface area contributed by atoms with Crippen molar-refractivity contribution >= 4 is 0 Å². The van der Waals surface area contributed by atoms with E-state index in [9.17, 15) is 57.6 Å². The molecule has 2 N–H and O–H groups in total. The monoisotopic (exact) mass is 692 g/mol. The number of aromatic hydroxyl groups is 2. The molecule has 0 aliphatic carbocycles. The van der Waals surface area contributed by atoms with Crippen LogP contribution in [0.2, 0.25) is 0 Å². The summed E-state index contributed by atoms with van der Waals surface area (Å²) in [7, 11) is 2.50. The highest BCUT2D eigenvalue weighted by atomic mass is 19.4. The van der Waals surface area contributed by atoms with Crippen LogP contribution in [0.4, 0.5) is 26.3 Å². The Labute approximate surface area is 282 Å². The van der Waals surface area contributed by atoms with E-state index in [-0.39, 0.29) is 68.8 Å². The van der Waals surface area contributed by atoms with Crippen molar-refractivity contribution < 1.29 is 46.0 Å². The molecule has 4 aromatic rings. The van der Waals surface area contributed by atoms with Crippen molar-refractivity contribution in [3.63, 3.8) is 0 Å². The highest BCUT2D eigenvalue weighted by molar-refractivity contribution is 5.64. The molecule has 0 aromatic heterocycles. The first-order chi connectivity index (χ1) is 23.4. The lowest BCUT2D eigenvalue weighted by molar-refractivity contribution is -0.139. The third-order valence-corrected chi connectivity index (χ3v) is 7.53. The van der Waals surface area contributed by atoms with Crippen LogP contribution in [0.3, 0.4) is 0 Å². The predicted octanol–water partition coefficient (Wildman–Crippen LogP) is 8.12. The maximum atomic E-state index is 13.3. The molecular formula is C36H26F6N4O4. The molecule has 0 saturated heterocycles. The van der Waals surface area contributed by atoms with E-state index >= 15 is 0 Å². The number of phenols is 2. The molecule has 8 nitrogen and oxygen atoms in total. The van der Waals surface area contributed by atoms with Gasteiger partial charge in [0.15, 0.2) is 23.0 Å². The summed E-state index contributed by atoms with van der Waals surface area (Å²) in [5, 5.41) is 57.3. The summed E-state index contributed by atoms with van der Waals surface area (Å²) in [4.78, 5) is 0. The van der Waals surface area contributed by atoms with Crippen molar-refractivity contribution in [1.82, 2.24) is 0 Å². The van der Waals surface area contributed by atoms with Gasteiger partial charge in [-0.25, -0.2) is 0 Å². The molecule has 4 aromatic carbocycles. The summed E-state index contributed by atoms with van der Waals surface area (Å²) in [6.07, 6.45) is -9.79. The Balaban J connectivity index is 0.000000270. The number of ether oxygens (including phenoxy) is 2. The molecule has 0 saturated carbocycles. The summed E-state index contributed by atoms with van der Waals surface area (Å²) in [6, 6.07) is 17.2. The summed E-state index contributed by atoms with van der Waals surface area (Å²) in [5.41, 5.74) is -1.52. The van der Waals surface area contributed by atoms with Gasteiger partial charge in [0, 0.05) is 25.0 Å². The lowest BCUT2D eigenvalue weighted by Gasteiger charge is -2.16. The van der Waals surface area contributed by atoms with Crippen LogP contribution in [0.1, 0.15) is 66.8 Å². The molecule has 50 heavy (non-hydrogen) atoms. The Morgan fingerprint density at radius 2 is 0.920 bits per heavy atom. The average molecular weight is 693 g/mol. The smallest absolute Gasteiger partial charge is 0.416 e. The van der Waals surface area contributed by atoms with E-state index in [4.69, 9.17) is 9.47 Å². The van der Waals surface area contributed by atoms with Gasteiger partial charge in [-0.2, -0.15) is 47.4 Å². The topological polar surface area (TPSA) is 154 Å². The van der Waals surface area contributed by atoms with Crippen LogP contribution in [0.15, 0.2) is 48.5 Å². The second-order valence-corrected chi connectivity index (χ2v) is 10.8. The van der Waals surface area contributed by atoms with Crippen molar-refractivity contribution in [2.45, 2.75) is 39.0 Å². The van der Waals surface area contributed by atoms with E-state index in [2.05, 4.69) is 0 Å². The summed E-state index contributed by atoms with van der Waals surface area (Å²) in [5.74, 6) is -1.17. The Kier molecular flexibility index (Phi) is 11.6. The molecule has 0 fully saturated rings. The number of halogens is 6. The SMILES string of the molecule is COc1cc(C#N)c(Cc2ccc(C)cc2C(F)(F)F)c(C#N)c1O.COc1cc(C#N)c(Cc2ccc(C)cc2C(F)(F)F)c(C#N)c1O. The molecule has 4 rings (SSSR count). The Bertz CT molecular complexity index is 1960. The molecule has 14 heteroatoms. The van der Waals surface area contributed by atoms with Crippen LogP contribution < -0.4 is 9.47 Å². The molecule has 0 atom stereocenters. The van der Waals surface area contributed by atoms with Crippen molar-refractivity contribution in [2.75, 3.05) is 14.2 Å². The number of hydrogen-bond donors (Lipinski definition) is 2. The molecule has 0 bridgehead atoms. The number of rotatable bonds is 6. The first-order valence-electron chi connectivity index (χ1n) is 14.2. The fourth-order valence-electron chi connectivity index (χ4n) is 5.09. The highest BCUT2D eigenvalue weighted by Gasteiger charge is 2.35. The van der Waals surface area contributed by atoms with Crippen molar-refractivity contribution in [1.29, 1.82) is 21.0 Å². The molecule has 0 spiro atoms. The highest BCUT2D eigenvalue weighted by Crippen LogP contribution is 2.40. The molecular weight excluding hydrogens is 666 g/mol. The summed E-state index contributed by atoms with van der Waals surface area (Å²) in [6.45, 7) is 3.08. The largest absolute Gasteiger partial charge is 0.503 e. The van der Waals surface area contributed by atoms with Gasteiger partial charge in [0.1, 0.15) is 23.3 Å². The molecule has 0 amide bonds. The van der Waals surface area contributed by atoms with Gasteiger partial charge in [0.25, 0.3) is 0 Å². The number of methoxy groups -OCH3 is 2. The van der Waals surface area contributed by atoms with Crippen LogP contribution in [0, 0.1) is 59.2 Å². The first-order valence-corrected chi connectivity index (χ1v) is 14.2. The van der Waals surface area contributed by atoms with Gasteiger partial charge in [-0.3, -0.25) is 0 Å². The number of phenolic OH excluding ortho intramolecular Hbond substituents is 2. The molecule has 0 aliphatic rings. The van der Waals surface area contributed by atoms with Crippen molar-refractivity contribution in [3.8, 4) is 47.3 Å². The van der Waals surface area contributed by atoms with E-state index in [0.717, 1.165) is 12.1 Å². The Morgan fingerprint density at radius 1 is 0.580 bits per heavy atom. The van der Waals surface area contributed by atoms with Crippen LogP contribution >= 0.6 is 0 Å². The van der Waals surface area contributed by atoms with Gasteiger partial charge in [-0.15, -0.1) is 0 Å². The normalized spacial score (nSPS) is 10.8. The second-order valence-electron chi connectivity index (χ2n) is 10.8. The van der Waals surface area contributed by atoms with Crippen LogP contribution in [0.5, 0.6) is 23.0 Å². The standard InChI is InChI=1S/2C18H13F3N2O2/c2*1-10-3-4-11(15(5-10)18(19,20)21)6-13-12(8-22)7-16(25-2)17(24)14(13)9-23/h2*3-5,7,24H,6H2,1-2H3. The fourth-order valence-corrected chi connectivity index (χ4v) is 5.09. The molecule has 256 valence electrons. The third-order valence-electron chi connectivity index (χ3n) is 7.53. The molecule has 0 unspecified atom stereocenters. The number of aryl methyl sites for hydroxylation is 2. The third kappa shape index (κ3) is 8.18. The van der Waals surface area contributed by atoms with E-state index < -0.39 is 35.0 Å².